The molecule has 1 heterocycles. The Hall–Kier alpha value is -0.470. The first-order chi connectivity index (χ1) is 8.30. The van der Waals surface area contributed by atoms with E-state index >= 15 is 0 Å². The van der Waals surface area contributed by atoms with Gasteiger partial charge in [-0.3, -0.25) is 0 Å². The summed E-state index contributed by atoms with van der Waals surface area (Å²) in [6.45, 7) is 11.1. The van der Waals surface area contributed by atoms with Gasteiger partial charge in [-0.2, -0.15) is 11.8 Å². The second kappa shape index (κ2) is 4.90. The molecule has 0 fully saturated rings. The Morgan fingerprint density at radius 3 is 2.50 bits per heavy atom. The fourth-order valence-corrected chi connectivity index (χ4v) is 3.83. The van der Waals surface area contributed by atoms with E-state index in [2.05, 4.69) is 52.8 Å². The fraction of sp³-hybridized carbons (Fsp3) is 0.625. The lowest BCUT2D eigenvalue weighted by atomic mass is 9.83. The van der Waals surface area contributed by atoms with Crippen molar-refractivity contribution >= 4 is 11.8 Å². The number of hydrogen-bond donors (Lipinski definition) is 1. The summed E-state index contributed by atoms with van der Waals surface area (Å²) in [5.74, 6) is 1.54. The van der Waals surface area contributed by atoms with E-state index in [9.17, 15) is 5.11 Å². The van der Waals surface area contributed by atoms with Crippen LogP contribution in [0.4, 0.5) is 0 Å². The molecule has 2 unspecified atom stereocenters. The molecule has 0 saturated carbocycles. The lowest BCUT2D eigenvalue weighted by Crippen LogP contribution is -2.26. The zero-order valence-electron chi connectivity index (χ0n) is 12.0. The van der Waals surface area contributed by atoms with Crippen LogP contribution in [0, 0.1) is 5.92 Å². The van der Waals surface area contributed by atoms with E-state index in [1.807, 2.05) is 11.8 Å². The molecular formula is C16H24OS. The first kappa shape index (κ1) is 14.0. The van der Waals surface area contributed by atoms with Gasteiger partial charge in [-0.1, -0.05) is 52.8 Å². The van der Waals surface area contributed by atoms with Crippen molar-refractivity contribution in [1.29, 1.82) is 0 Å². The maximum absolute atomic E-state index is 10.6. The first-order valence-corrected chi connectivity index (χ1v) is 7.78. The van der Waals surface area contributed by atoms with E-state index < -0.39 is 0 Å². The largest absolute Gasteiger partial charge is 0.387 e. The minimum Gasteiger partial charge on any atom is -0.387 e. The lowest BCUT2D eigenvalue weighted by molar-refractivity contribution is 0.155. The van der Waals surface area contributed by atoms with E-state index in [1.54, 1.807) is 0 Å². The molecule has 0 radical (unpaired) electrons. The van der Waals surface area contributed by atoms with Gasteiger partial charge in [0.1, 0.15) is 0 Å². The van der Waals surface area contributed by atoms with Gasteiger partial charge in [0.15, 0.2) is 0 Å². The number of fused-ring (bicyclic) bond motifs is 1. The highest BCUT2D eigenvalue weighted by Gasteiger charge is 2.31. The first-order valence-electron chi connectivity index (χ1n) is 6.73. The molecule has 0 aliphatic carbocycles. The van der Waals surface area contributed by atoms with Crippen LogP contribution < -0.4 is 0 Å². The van der Waals surface area contributed by atoms with Gasteiger partial charge in [0.2, 0.25) is 0 Å². The average Bonchev–Trinajstić information content (AvgIpc) is 2.27. The fourth-order valence-electron chi connectivity index (χ4n) is 2.48. The predicted octanol–water partition coefficient (Wildman–Crippen LogP) is 4.29. The third kappa shape index (κ3) is 2.60. The third-order valence-corrected chi connectivity index (χ3v) is 5.39. The number of rotatable bonds is 1. The summed E-state index contributed by atoms with van der Waals surface area (Å²) >= 11 is 1.89. The lowest BCUT2D eigenvalue weighted by Gasteiger charge is -2.33. The van der Waals surface area contributed by atoms with Crippen LogP contribution in [-0.4, -0.2) is 10.4 Å². The summed E-state index contributed by atoms with van der Waals surface area (Å²) in [4.78, 5) is 0. The molecule has 0 amide bonds. The molecule has 100 valence electrons. The summed E-state index contributed by atoms with van der Waals surface area (Å²) in [5.41, 5.74) is 3.92. The smallest absolute Gasteiger partial charge is 0.0914 e. The van der Waals surface area contributed by atoms with E-state index in [0.717, 1.165) is 11.3 Å². The van der Waals surface area contributed by atoms with Crippen molar-refractivity contribution in [3.8, 4) is 0 Å². The summed E-state index contributed by atoms with van der Waals surface area (Å²) in [7, 11) is 0. The normalized spacial score (nSPS) is 24.2. The molecular weight excluding hydrogens is 240 g/mol. The Labute approximate surface area is 115 Å². The quantitative estimate of drug-likeness (QED) is 0.816. The number of benzene rings is 1. The van der Waals surface area contributed by atoms with Crippen LogP contribution in [0.3, 0.4) is 0 Å². The molecule has 1 aliphatic rings. The second-order valence-electron chi connectivity index (χ2n) is 6.63. The molecule has 0 aromatic heterocycles. The van der Waals surface area contributed by atoms with Crippen LogP contribution in [-0.2, 0) is 11.2 Å². The van der Waals surface area contributed by atoms with Crippen LogP contribution in [0.15, 0.2) is 18.2 Å². The SMILES string of the molecule is CC(C)C1SCc2ccc(C(C)(C)C)cc2C1O. The highest BCUT2D eigenvalue weighted by atomic mass is 32.2. The Kier molecular flexibility index (Phi) is 3.80. The van der Waals surface area contributed by atoms with Crippen LogP contribution in [0.5, 0.6) is 0 Å². The van der Waals surface area contributed by atoms with Crippen LogP contribution in [0.2, 0.25) is 0 Å². The standard InChI is InChI=1S/C16H24OS/c1-10(2)15-14(17)13-8-12(16(3,4)5)7-6-11(13)9-18-15/h6-8,10,14-15,17H,9H2,1-5H3. The summed E-state index contributed by atoms with van der Waals surface area (Å²) < 4.78 is 0. The van der Waals surface area contributed by atoms with Gasteiger partial charge in [0.05, 0.1) is 6.10 Å². The van der Waals surface area contributed by atoms with Crippen molar-refractivity contribution in [2.45, 2.75) is 57.1 Å². The molecule has 0 spiro atoms. The van der Waals surface area contributed by atoms with E-state index in [0.29, 0.717) is 11.2 Å². The monoisotopic (exact) mass is 264 g/mol. The van der Waals surface area contributed by atoms with Gasteiger partial charge in [0, 0.05) is 11.0 Å². The predicted molar refractivity (Wildman–Crippen MR) is 80.0 cm³/mol. The maximum Gasteiger partial charge on any atom is 0.0914 e. The van der Waals surface area contributed by atoms with Gasteiger partial charge >= 0.3 is 0 Å². The third-order valence-electron chi connectivity index (χ3n) is 3.73. The summed E-state index contributed by atoms with van der Waals surface area (Å²) in [6, 6.07) is 6.62. The van der Waals surface area contributed by atoms with E-state index in [1.165, 1.54) is 11.1 Å². The highest BCUT2D eigenvalue weighted by Crippen LogP contribution is 2.42. The van der Waals surface area contributed by atoms with Crippen molar-refractivity contribution in [3.05, 3.63) is 34.9 Å². The minimum absolute atomic E-state index is 0.146. The minimum atomic E-state index is -0.318. The number of aliphatic hydroxyl groups is 1. The molecule has 2 rings (SSSR count). The van der Waals surface area contributed by atoms with Crippen molar-refractivity contribution < 1.29 is 5.11 Å². The Morgan fingerprint density at radius 2 is 1.94 bits per heavy atom. The zero-order chi connectivity index (χ0) is 13.5. The average molecular weight is 264 g/mol. The molecule has 1 N–H and O–H groups in total. The molecule has 1 nitrogen and oxygen atoms in total. The number of aliphatic hydroxyl groups excluding tert-OH is 1. The van der Waals surface area contributed by atoms with Crippen molar-refractivity contribution in [2.24, 2.45) is 5.92 Å². The number of thioether (sulfide) groups is 1. The van der Waals surface area contributed by atoms with E-state index in [-0.39, 0.29) is 11.5 Å². The van der Waals surface area contributed by atoms with Gasteiger partial charge in [-0.05, 0) is 28.0 Å². The van der Waals surface area contributed by atoms with Gasteiger partial charge < -0.3 is 5.11 Å². The Morgan fingerprint density at radius 1 is 1.28 bits per heavy atom. The van der Waals surface area contributed by atoms with Crippen LogP contribution in [0.1, 0.15) is 57.4 Å². The molecule has 2 heteroatoms. The number of hydrogen-bond acceptors (Lipinski definition) is 2. The Bertz CT molecular complexity index is 431. The Balaban J connectivity index is 2.40. The molecule has 1 aromatic rings. The zero-order valence-corrected chi connectivity index (χ0v) is 12.8. The van der Waals surface area contributed by atoms with Crippen LogP contribution >= 0.6 is 11.8 Å². The second-order valence-corrected chi connectivity index (χ2v) is 7.79. The van der Waals surface area contributed by atoms with Gasteiger partial charge in [-0.15, -0.1) is 0 Å². The molecule has 0 saturated heterocycles. The van der Waals surface area contributed by atoms with Crippen molar-refractivity contribution in [1.82, 2.24) is 0 Å². The summed E-state index contributed by atoms with van der Waals surface area (Å²) in [5, 5.41) is 10.9. The highest BCUT2D eigenvalue weighted by molar-refractivity contribution is 7.99. The molecule has 1 aromatic carbocycles. The maximum atomic E-state index is 10.6. The molecule has 1 aliphatic heterocycles. The van der Waals surface area contributed by atoms with Crippen molar-refractivity contribution in [3.63, 3.8) is 0 Å². The van der Waals surface area contributed by atoms with E-state index in [4.69, 9.17) is 0 Å². The summed E-state index contributed by atoms with van der Waals surface area (Å²) in [6.07, 6.45) is -0.318. The van der Waals surface area contributed by atoms with Crippen molar-refractivity contribution in [2.75, 3.05) is 0 Å². The topological polar surface area (TPSA) is 20.2 Å². The molecule has 18 heavy (non-hydrogen) atoms. The van der Waals surface area contributed by atoms with Crippen LogP contribution in [0.25, 0.3) is 0 Å². The molecule has 2 atom stereocenters. The van der Waals surface area contributed by atoms with Gasteiger partial charge in [0.25, 0.3) is 0 Å². The molecule has 0 bridgehead atoms. The van der Waals surface area contributed by atoms with Gasteiger partial charge in [-0.25, -0.2) is 0 Å².